The highest BCUT2D eigenvalue weighted by Gasteiger charge is 2.36. The van der Waals surface area contributed by atoms with E-state index in [0.717, 1.165) is 38.1 Å². The third-order valence-corrected chi connectivity index (χ3v) is 4.82. The predicted octanol–water partition coefficient (Wildman–Crippen LogP) is -0.408. The summed E-state index contributed by atoms with van der Waals surface area (Å²) in [7, 11) is 0. The number of amides is 2. The molecular formula is C15H21N5O3. The maximum atomic E-state index is 13.0. The second-order valence-corrected chi connectivity index (χ2v) is 6.55. The molecule has 4 heterocycles. The normalized spacial score (nSPS) is 27.7. The summed E-state index contributed by atoms with van der Waals surface area (Å²) in [5, 5.41) is 11.3. The molecule has 2 bridgehead atoms. The van der Waals surface area contributed by atoms with Gasteiger partial charge >= 0.3 is 0 Å². The number of nitrogens with one attached hydrogen (secondary N) is 1. The number of carbonyl (C=O) groups excluding carboxylic acids is 2. The zero-order valence-corrected chi connectivity index (χ0v) is 13.0. The first kappa shape index (κ1) is 14.6. The molecular weight excluding hydrogens is 298 g/mol. The van der Waals surface area contributed by atoms with Crippen LogP contribution in [0.15, 0.2) is 0 Å². The molecule has 2 fully saturated rings. The molecule has 8 nitrogen and oxygen atoms in total. The standard InChI is InChI=1S/C15H21N5O3/c21-14-10-6-19(7-11(16-14)9-23-8-10)15(22)13-18-17-12-4-2-1-3-5-20(12)13/h10-11H,1-9H2,(H,16,21)/t10-,11+/m1/s1. The summed E-state index contributed by atoms with van der Waals surface area (Å²) in [6, 6.07) is -0.148. The van der Waals surface area contributed by atoms with Gasteiger partial charge in [-0.25, -0.2) is 0 Å². The van der Waals surface area contributed by atoms with E-state index in [4.69, 9.17) is 4.74 Å². The van der Waals surface area contributed by atoms with Crippen LogP contribution in [0.25, 0.3) is 0 Å². The Morgan fingerprint density at radius 2 is 2.09 bits per heavy atom. The number of aromatic nitrogens is 3. The van der Waals surface area contributed by atoms with Crippen LogP contribution in [0.3, 0.4) is 0 Å². The van der Waals surface area contributed by atoms with E-state index in [9.17, 15) is 9.59 Å². The van der Waals surface area contributed by atoms with Gasteiger partial charge in [0.1, 0.15) is 5.82 Å². The number of hydrogen-bond acceptors (Lipinski definition) is 5. The molecule has 0 aliphatic carbocycles. The van der Waals surface area contributed by atoms with E-state index in [-0.39, 0.29) is 23.8 Å². The first-order valence-electron chi connectivity index (χ1n) is 8.32. The van der Waals surface area contributed by atoms with E-state index in [1.165, 1.54) is 0 Å². The van der Waals surface area contributed by atoms with Crippen LogP contribution in [0.4, 0.5) is 0 Å². The van der Waals surface area contributed by atoms with E-state index in [2.05, 4.69) is 15.5 Å². The molecule has 0 saturated carbocycles. The fraction of sp³-hybridized carbons (Fsp3) is 0.733. The number of rotatable bonds is 1. The molecule has 124 valence electrons. The molecule has 8 heteroatoms. The summed E-state index contributed by atoms with van der Waals surface area (Å²) in [6.07, 6.45) is 4.17. The maximum Gasteiger partial charge on any atom is 0.291 e. The summed E-state index contributed by atoms with van der Waals surface area (Å²) < 4.78 is 7.46. The van der Waals surface area contributed by atoms with E-state index >= 15 is 0 Å². The minimum Gasteiger partial charge on any atom is -0.378 e. The maximum absolute atomic E-state index is 13.0. The molecule has 0 unspecified atom stereocenters. The van der Waals surface area contributed by atoms with Gasteiger partial charge in [0.15, 0.2) is 0 Å². The van der Waals surface area contributed by atoms with Crippen LogP contribution in [0.2, 0.25) is 0 Å². The molecule has 23 heavy (non-hydrogen) atoms. The van der Waals surface area contributed by atoms with Gasteiger partial charge in [-0.05, 0) is 12.8 Å². The molecule has 2 saturated heterocycles. The Labute approximate surface area is 134 Å². The molecule has 0 spiro atoms. The van der Waals surface area contributed by atoms with Gasteiger partial charge < -0.3 is 19.5 Å². The second-order valence-electron chi connectivity index (χ2n) is 6.55. The molecule has 3 aliphatic rings. The Balaban J connectivity index is 1.59. The summed E-state index contributed by atoms with van der Waals surface area (Å²) >= 11 is 0. The lowest BCUT2D eigenvalue weighted by Gasteiger charge is -2.27. The Hall–Kier alpha value is -1.96. The van der Waals surface area contributed by atoms with Gasteiger partial charge in [-0.1, -0.05) is 6.42 Å². The second kappa shape index (κ2) is 5.92. The first-order valence-corrected chi connectivity index (χ1v) is 8.32. The van der Waals surface area contributed by atoms with E-state index < -0.39 is 0 Å². The average molecular weight is 319 g/mol. The van der Waals surface area contributed by atoms with Crippen molar-refractivity contribution in [2.45, 2.75) is 38.3 Å². The van der Waals surface area contributed by atoms with E-state index in [0.29, 0.717) is 32.1 Å². The Morgan fingerprint density at radius 1 is 1.17 bits per heavy atom. The number of ether oxygens (including phenoxy) is 1. The fourth-order valence-electron chi connectivity index (χ4n) is 3.58. The number of carbonyl (C=O) groups is 2. The Kier molecular flexibility index (Phi) is 3.76. The Bertz CT molecular complexity index is 629. The van der Waals surface area contributed by atoms with Gasteiger partial charge in [-0.15, -0.1) is 10.2 Å². The third-order valence-electron chi connectivity index (χ3n) is 4.82. The molecule has 2 atom stereocenters. The lowest BCUT2D eigenvalue weighted by Crippen LogP contribution is -2.45. The van der Waals surface area contributed by atoms with Crippen LogP contribution < -0.4 is 5.32 Å². The van der Waals surface area contributed by atoms with Crippen molar-refractivity contribution in [1.29, 1.82) is 0 Å². The third kappa shape index (κ3) is 2.71. The molecule has 0 aromatic carbocycles. The zero-order valence-electron chi connectivity index (χ0n) is 13.0. The number of hydrogen-bond donors (Lipinski definition) is 1. The highest BCUT2D eigenvalue weighted by molar-refractivity contribution is 5.92. The molecule has 3 aliphatic heterocycles. The molecule has 1 aromatic rings. The van der Waals surface area contributed by atoms with Crippen molar-refractivity contribution in [1.82, 2.24) is 25.0 Å². The highest BCUT2D eigenvalue weighted by atomic mass is 16.5. The van der Waals surface area contributed by atoms with Crippen LogP contribution in [-0.2, 0) is 22.5 Å². The summed E-state index contributed by atoms with van der Waals surface area (Å²) in [5.41, 5.74) is 0. The lowest BCUT2D eigenvalue weighted by atomic mass is 10.1. The van der Waals surface area contributed by atoms with Crippen LogP contribution in [-0.4, -0.2) is 63.8 Å². The van der Waals surface area contributed by atoms with Gasteiger partial charge in [0.2, 0.25) is 11.7 Å². The van der Waals surface area contributed by atoms with Crippen LogP contribution >= 0.6 is 0 Å². The van der Waals surface area contributed by atoms with Gasteiger partial charge in [-0.3, -0.25) is 9.59 Å². The summed E-state index contributed by atoms with van der Waals surface area (Å²) in [5.74, 6) is 0.855. The molecule has 1 N–H and O–H groups in total. The summed E-state index contributed by atoms with van der Waals surface area (Å²) in [4.78, 5) is 26.8. The van der Waals surface area contributed by atoms with E-state index in [1.807, 2.05) is 4.57 Å². The smallest absolute Gasteiger partial charge is 0.291 e. The van der Waals surface area contributed by atoms with Crippen molar-refractivity contribution in [2.75, 3.05) is 26.3 Å². The molecule has 4 rings (SSSR count). The van der Waals surface area contributed by atoms with Crippen molar-refractivity contribution in [3.63, 3.8) is 0 Å². The molecule has 1 aromatic heterocycles. The van der Waals surface area contributed by atoms with Gasteiger partial charge in [0, 0.05) is 26.1 Å². The van der Waals surface area contributed by atoms with Crippen molar-refractivity contribution < 1.29 is 14.3 Å². The average Bonchev–Trinajstić information content (AvgIpc) is 2.68. The van der Waals surface area contributed by atoms with Crippen molar-refractivity contribution >= 4 is 11.8 Å². The predicted molar refractivity (Wildman–Crippen MR) is 79.7 cm³/mol. The van der Waals surface area contributed by atoms with Crippen LogP contribution in [0.5, 0.6) is 0 Å². The summed E-state index contributed by atoms with van der Waals surface area (Å²) in [6.45, 7) is 2.45. The van der Waals surface area contributed by atoms with Crippen molar-refractivity contribution in [2.24, 2.45) is 5.92 Å². The van der Waals surface area contributed by atoms with Crippen LogP contribution in [0.1, 0.15) is 35.7 Å². The molecule has 2 amide bonds. The highest BCUT2D eigenvalue weighted by Crippen LogP contribution is 2.19. The largest absolute Gasteiger partial charge is 0.378 e. The SMILES string of the molecule is O=C1N[C@@H]2COC[C@H]1CN(C(=O)c1nnc3n1CCCCC3)C2. The first-order chi connectivity index (χ1) is 11.2. The minimum atomic E-state index is -0.307. The van der Waals surface area contributed by atoms with Gasteiger partial charge in [0.25, 0.3) is 5.91 Å². The van der Waals surface area contributed by atoms with Crippen molar-refractivity contribution in [3.05, 3.63) is 11.6 Å². The molecule has 0 radical (unpaired) electrons. The Morgan fingerprint density at radius 3 is 3.00 bits per heavy atom. The topological polar surface area (TPSA) is 89.3 Å². The fourth-order valence-corrected chi connectivity index (χ4v) is 3.58. The minimum absolute atomic E-state index is 0.0251. The van der Waals surface area contributed by atoms with Crippen LogP contribution in [0, 0.1) is 5.92 Å². The lowest BCUT2D eigenvalue weighted by molar-refractivity contribution is -0.125. The zero-order chi connectivity index (χ0) is 15.8. The number of aryl methyl sites for hydroxylation is 1. The van der Waals surface area contributed by atoms with Crippen molar-refractivity contribution in [3.8, 4) is 0 Å². The number of fused-ring (bicyclic) bond motifs is 4. The monoisotopic (exact) mass is 319 g/mol. The quantitative estimate of drug-likeness (QED) is 0.760. The number of nitrogens with zero attached hydrogens (tertiary/aromatic N) is 4. The van der Waals surface area contributed by atoms with E-state index in [1.54, 1.807) is 4.90 Å². The van der Waals surface area contributed by atoms with Gasteiger partial charge in [-0.2, -0.15) is 0 Å². The van der Waals surface area contributed by atoms with Gasteiger partial charge in [0.05, 0.1) is 25.2 Å².